The molecule has 0 unspecified atom stereocenters. The lowest BCUT2D eigenvalue weighted by atomic mass is 10.3. The van der Waals surface area contributed by atoms with Crippen LogP contribution in [-0.4, -0.2) is 66.3 Å². The number of rotatable bonds is 5. The fourth-order valence-electron chi connectivity index (χ4n) is 1.61. The lowest BCUT2D eigenvalue weighted by Crippen LogP contribution is -3.06. The maximum atomic E-state index is 9.04. The molecule has 0 aliphatic carbocycles. The molecule has 0 spiro atoms. The Morgan fingerprint density at radius 1 is 1.07 bits per heavy atom. The molecule has 2 aromatic rings. The monoisotopic (exact) mass is 399 g/mol. The van der Waals surface area contributed by atoms with E-state index >= 15 is 0 Å². The van der Waals surface area contributed by atoms with Crippen LogP contribution in [0.25, 0.3) is 11.0 Å². The third-order valence-electron chi connectivity index (χ3n) is 2.92. The van der Waals surface area contributed by atoms with Crippen molar-refractivity contribution in [3.8, 4) is 0 Å². The van der Waals surface area contributed by atoms with Crippen molar-refractivity contribution in [3.63, 3.8) is 0 Å². The average molecular weight is 399 g/mol. The van der Waals surface area contributed by atoms with E-state index in [4.69, 9.17) is 44.3 Å². The molecule has 4 N–H and O–H groups in total. The van der Waals surface area contributed by atoms with Gasteiger partial charge in [-0.2, -0.15) is 0 Å². The van der Waals surface area contributed by atoms with Crippen LogP contribution >= 0.6 is 0 Å². The molecule has 12 heteroatoms. The molecule has 0 radical (unpaired) electrons. The second-order valence-electron chi connectivity index (χ2n) is 5.44. The van der Waals surface area contributed by atoms with Crippen molar-refractivity contribution in [3.05, 3.63) is 30.6 Å². The Bertz CT molecular complexity index is 754. The van der Waals surface area contributed by atoms with E-state index in [-0.39, 0.29) is 0 Å². The summed E-state index contributed by atoms with van der Waals surface area (Å²) < 4.78 is 7.70. The second kappa shape index (κ2) is 12.8. The predicted octanol–water partition coefficient (Wildman–Crippen LogP) is -4.78. The van der Waals surface area contributed by atoms with Crippen molar-refractivity contribution in [2.24, 2.45) is 0 Å². The summed E-state index contributed by atoms with van der Waals surface area (Å²) in [6.45, 7) is 2.43. The minimum absolute atomic E-state index is 0.608. The third-order valence-corrected chi connectivity index (χ3v) is 2.92. The number of carbonyl (C=O) groups excluding carboxylic acids is 2. The number of quaternary nitrogens is 1. The molecule has 0 aliphatic heterocycles. The lowest BCUT2D eigenvalue weighted by molar-refractivity contribution is -0.860. The molecule has 0 aliphatic rings. The van der Waals surface area contributed by atoms with Gasteiger partial charge >= 0.3 is 11.9 Å². The van der Waals surface area contributed by atoms with Crippen molar-refractivity contribution in [1.29, 1.82) is 0 Å². The second-order valence-corrected chi connectivity index (χ2v) is 5.44. The van der Waals surface area contributed by atoms with Gasteiger partial charge in [-0.05, 0) is 12.1 Å². The van der Waals surface area contributed by atoms with E-state index in [1.54, 1.807) is 0 Å². The number of benzene rings is 1. The average Bonchev–Trinajstić information content (AvgIpc) is 3.02. The number of hydrogen-bond donors (Lipinski definition) is 4. The molecule has 1 aromatic heterocycles. The number of nitrogens with zero attached hydrogens (tertiary/aromatic N) is 1. The van der Waals surface area contributed by atoms with Gasteiger partial charge in [-0.15, -0.1) is 0 Å². The molecule has 0 saturated heterocycles. The molecule has 28 heavy (non-hydrogen) atoms. The highest BCUT2D eigenvalue weighted by Crippen LogP contribution is 2.04. The molecule has 0 fully saturated rings. The summed E-state index contributed by atoms with van der Waals surface area (Å²) in [7, 11) is 4.25. The summed E-state index contributed by atoms with van der Waals surface area (Å²) in [6, 6.07) is 8.22. The first-order valence-electron chi connectivity index (χ1n) is 7.77. The Morgan fingerprint density at radius 3 is 2.04 bits per heavy atom. The van der Waals surface area contributed by atoms with E-state index in [1.807, 2.05) is 18.5 Å². The maximum Gasteiger partial charge on any atom is 0.351 e. The molecule has 0 saturated carbocycles. The zero-order valence-corrected chi connectivity index (χ0v) is 15.2. The Balaban J connectivity index is 0.000000505. The molecule has 0 bridgehead atoms. The largest absolute Gasteiger partial charge is 0.539 e. The third kappa shape index (κ3) is 10.5. The summed E-state index contributed by atoms with van der Waals surface area (Å²) in [5, 5.41) is 32.6. The number of carboxylic acid groups (broad SMARTS) is 4. The van der Waals surface area contributed by atoms with E-state index in [9.17, 15) is 0 Å². The minimum Gasteiger partial charge on any atom is -0.539 e. The summed E-state index contributed by atoms with van der Waals surface area (Å²) in [4.78, 5) is 40.7. The van der Waals surface area contributed by atoms with Crippen LogP contribution in [0.1, 0.15) is 0 Å². The topological polar surface area (TPSA) is 188 Å². The number of likely N-dealkylation sites (N-methyl/N-ethyl adjacent to an activating group) is 1. The number of nitrogens with one attached hydrogen (secondary N) is 2. The Morgan fingerprint density at radius 2 is 1.57 bits per heavy atom. The van der Waals surface area contributed by atoms with E-state index in [1.165, 1.54) is 10.4 Å². The SMILES string of the molecule is C[NH+](C)CCOC[n+]1c[nH]c2ccccc21.O=C([O-])C(=O)O.O=C([O-])C(=O)O. The predicted molar refractivity (Wildman–Crippen MR) is 87.4 cm³/mol. The van der Waals surface area contributed by atoms with Crippen LogP contribution in [0.4, 0.5) is 0 Å². The Kier molecular flexibility index (Phi) is 11.2. The van der Waals surface area contributed by atoms with E-state index < -0.39 is 23.9 Å². The molecule has 1 heterocycles. The lowest BCUT2D eigenvalue weighted by Gasteiger charge is -2.06. The molecule has 2 rings (SSSR count). The van der Waals surface area contributed by atoms with Crippen LogP contribution in [0, 0.1) is 0 Å². The number of imidazole rings is 1. The van der Waals surface area contributed by atoms with Gasteiger partial charge in [-0.25, -0.2) is 19.1 Å². The highest BCUT2D eigenvalue weighted by molar-refractivity contribution is 6.26. The summed E-state index contributed by atoms with van der Waals surface area (Å²) in [6.07, 6.45) is 1.95. The van der Waals surface area contributed by atoms with Crippen LogP contribution in [0.15, 0.2) is 30.6 Å². The van der Waals surface area contributed by atoms with Crippen LogP contribution in [0.3, 0.4) is 0 Å². The number of hydrogen-bond acceptors (Lipinski definition) is 7. The van der Waals surface area contributed by atoms with Crippen LogP contribution in [-0.2, 0) is 30.6 Å². The van der Waals surface area contributed by atoms with Crippen LogP contribution in [0.2, 0.25) is 0 Å². The van der Waals surface area contributed by atoms with Gasteiger partial charge in [0.1, 0.15) is 13.2 Å². The van der Waals surface area contributed by atoms with E-state index in [0.717, 1.165) is 18.7 Å². The number of para-hydroxylation sites is 2. The van der Waals surface area contributed by atoms with Gasteiger partial charge in [-0.3, -0.25) is 0 Å². The number of aromatic nitrogens is 2. The number of H-pyrrole nitrogens is 1. The first-order valence-corrected chi connectivity index (χ1v) is 7.77. The van der Waals surface area contributed by atoms with Crippen molar-refractivity contribution in [1.82, 2.24) is 4.98 Å². The first-order chi connectivity index (χ1) is 13.1. The van der Waals surface area contributed by atoms with Crippen LogP contribution < -0.4 is 19.7 Å². The summed E-state index contributed by atoms with van der Waals surface area (Å²) in [5.74, 6) is -8.02. The van der Waals surface area contributed by atoms with Crippen molar-refractivity contribution < 1.29 is 53.8 Å². The summed E-state index contributed by atoms with van der Waals surface area (Å²) >= 11 is 0. The maximum absolute atomic E-state index is 9.04. The van der Waals surface area contributed by atoms with Gasteiger partial charge in [-0.1, -0.05) is 12.1 Å². The number of ether oxygens (including phenoxy) is 1. The molecule has 1 aromatic carbocycles. The standard InChI is InChI=1S/C12H17N3O.2C2H2O4/c1-14(2)7-8-16-10-15-9-13-11-5-3-4-6-12(11)15;2*3-1(4)2(5)6/h3-6,9H,7-8,10H2,1-2H3;2*(H,3,4)(H,5,6). The molecule has 154 valence electrons. The van der Waals surface area contributed by atoms with Gasteiger partial charge in [0.15, 0.2) is 29.7 Å². The molecular weight excluding hydrogens is 378 g/mol. The van der Waals surface area contributed by atoms with E-state index in [0.29, 0.717) is 6.73 Å². The zero-order valence-electron chi connectivity index (χ0n) is 15.2. The van der Waals surface area contributed by atoms with Crippen molar-refractivity contribution in [2.45, 2.75) is 6.73 Å². The van der Waals surface area contributed by atoms with Gasteiger partial charge in [0, 0.05) is 0 Å². The first kappa shape index (κ1) is 24.5. The number of aromatic amines is 1. The number of aliphatic carboxylic acids is 4. The molecule has 0 amide bonds. The minimum atomic E-state index is -2.07. The Hall–Kier alpha value is -3.51. The number of fused-ring (bicyclic) bond motifs is 1. The van der Waals surface area contributed by atoms with Crippen molar-refractivity contribution >= 4 is 34.9 Å². The zero-order chi connectivity index (χ0) is 21.7. The molecular formula is C16H21N3O9. The van der Waals surface area contributed by atoms with E-state index in [2.05, 4.69) is 35.8 Å². The fourth-order valence-corrected chi connectivity index (χ4v) is 1.61. The smallest absolute Gasteiger partial charge is 0.351 e. The normalized spacial score (nSPS) is 9.68. The number of carbonyl (C=O) groups is 4. The highest BCUT2D eigenvalue weighted by Gasteiger charge is 2.07. The van der Waals surface area contributed by atoms with Crippen LogP contribution in [0.5, 0.6) is 0 Å². The molecule has 0 atom stereocenters. The highest BCUT2D eigenvalue weighted by atomic mass is 16.5. The van der Waals surface area contributed by atoms with Gasteiger partial charge in [0.2, 0.25) is 6.33 Å². The summed E-state index contributed by atoms with van der Waals surface area (Å²) in [5.41, 5.74) is 2.32. The van der Waals surface area contributed by atoms with Gasteiger partial charge in [0.05, 0.1) is 14.1 Å². The van der Waals surface area contributed by atoms with Gasteiger partial charge in [0.25, 0.3) is 0 Å². The van der Waals surface area contributed by atoms with Gasteiger partial charge < -0.3 is 39.7 Å². The Labute approximate surface area is 159 Å². The molecule has 12 nitrogen and oxygen atoms in total. The quantitative estimate of drug-likeness (QED) is 0.217. The fraction of sp³-hybridized carbons (Fsp3) is 0.312. The number of carboxylic acids is 4. The van der Waals surface area contributed by atoms with Crippen molar-refractivity contribution in [2.75, 3.05) is 27.2 Å².